The number of pyridine rings is 1. The van der Waals surface area contributed by atoms with E-state index >= 15 is 0 Å². The summed E-state index contributed by atoms with van der Waals surface area (Å²) in [6, 6.07) is 26.6. The van der Waals surface area contributed by atoms with Gasteiger partial charge < -0.3 is 9.84 Å². The molecule has 0 saturated carbocycles. The minimum atomic E-state index is -4.39. The molecular formula is C30H24N2O6S. The molecule has 0 bridgehead atoms. The number of ether oxygens (including phenoxy) is 1. The Morgan fingerprint density at radius 2 is 1.38 bits per heavy atom. The molecule has 196 valence electrons. The molecule has 1 aromatic heterocycles. The summed E-state index contributed by atoms with van der Waals surface area (Å²) in [5.41, 5.74) is 2.79. The summed E-state index contributed by atoms with van der Waals surface area (Å²) in [4.78, 5) is 29.3. The topological polar surface area (TPSA) is 114 Å². The zero-order valence-electron chi connectivity index (χ0n) is 20.9. The van der Waals surface area contributed by atoms with Crippen LogP contribution in [0.3, 0.4) is 0 Å². The van der Waals surface area contributed by atoms with Crippen LogP contribution >= 0.6 is 0 Å². The van der Waals surface area contributed by atoms with Gasteiger partial charge in [0.2, 0.25) is 0 Å². The van der Waals surface area contributed by atoms with Gasteiger partial charge in [0.25, 0.3) is 10.0 Å². The number of anilines is 1. The number of fused-ring (bicyclic) bond motifs is 2. The minimum Gasteiger partial charge on any atom is -0.481 e. The third-order valence-corrected chi connectivity index (χ3v) is 7.96. The van der Waals surface area contributed by atoms with Gasteiger partial charge in [0.1, 0.15) is 0 Å². The van der Waals surface area contributed by atoms with Crippen LogP contribution in [0.5, 0.6) is 5.75 Å². The first kappa shape index (κ1) is 25.9. The van der Waals surface area contributed by atoms with Gasteiger partial charge in [-0.15, -0.1) is 0 Å². The van der Waals surface area contributed by atoms with Crippen LogP contribution in [0.2, 0.25) is 0 Å². The number of aryl methyl sites for hydroxylation is 2. The predicted molar refractivity (Wildman–Crippen MR) is 149 cm³/mol. The van der Waals surface area contributed by atoms with E-state index in [2.05, 4.69) is 4.98 Å². The number of hydrogen-bond donors (Lipinski definition) is 1. The van der Waals surface area contributed by atoms with Crippen molar-refractivity contribution >= 4 is 49.6 Å². The molecule has 1 amide bonds. The van der Waals surface area contributed by atoms with Crippen molar-refractivity contribution < 1.29 is 27.9 Å². The second-order valence-corrected chi connectivity index (χ2v) is 10.8. The summed E-state index contributed by atoms with van der Waals surface area (Å²) in [5, 5.41) is 10.1. The molecule has 9 heteroatoms. The number of para-hydroxylation sites is 2. The second kappa shape index (κ2) is 10.5. The summed E-state index contributed by atoms with van der Waals surface area (Å²) in [6.07, 6.45) is -0.926. The van der Waals surface area contributed by atoms with E-state index in [4.69, 9.17) is 9.84 Å². The average molecular weight is 541 g/mol. The van der Waals surface area contributed by atoms with Crippen LogP contribution in [0.25, 0.3) is 21.8 Å². The van der Waals surface area contributed by atoms with E-state index in [9.17, 15) is 18.0 Å². The Kier molecular flexibility index (Phi) is 7.00. The lowest BCUT2D eigenvalue weighted by molar-refractivity contribution is -0.136. The molecule has 0 spiro atoms. The SMILES string of the molecule is Cc1ccc(S(=O)(=O)N(C(=O)Oc2c3ccccc3nc3ccccc23)c2ccc(CCC(=O)O)cc2)cc1. The van der Waals surface area contributed by atoms with E-state index in [0.717, 1.165) is 5.56 Å². The number of rotatable bonds is 7. The number of aromatic nitrogens is 1. The molecule has 8 nitrogen and oxygen atoms in total. The van der Waals surface area contributed by atoms with Gasteiger partial charge in [-0.2, -0.15) is 4.31 Å². The summed E-state index contributed by atoms with van der Waals surface area (Å²) in [5.74, 6) is -0.744. The Morgan fingerprint density at radius 3 is 1.95 bits per heavy atom. The Balaban J connectivity index is 1.61. The summed E-state index contributed by atoms with van der Waals surface area (Å²) in [7, 11) is -4.39. The first-order valence-corrected chi connectivity index (χ1v) is 13.6. The quantitative estimate of drug-likeness (QED) is 0.248. The molecule has 0 radical (unpaired) electrons. The number of nitrogens with zero attached hydrogens (tertiary/aromatic N) is 2. The molecule has 0 aliphatic rings. The van der Waals surface area contributed by atoms with E-state index in [1.165, 1.54) is 24.3 Å². The highest BCUT2D eigenvalue weighted by Crippen LogP contribution is 2.34. The van der Waals surface area contributed by atoms with Crippen molar-refractivity contribution in [2.45, 2.75) is 24.7 Å². The molecule has 0 aliphatic heterocycles. The lowest BCUT2D eigenvalue weighted by Gasteiger charge is -2.23. The third-order valence-electron chi connectivity index (χ3n) is 6.25. The highest BCUT2D eigenvalue weighted by Gasteiger charge is 2.33. The summed E-state index contributed by atoms with van der Waals surface area (Å²) >= 11 is 0. The average Bonchev–Trinajstić information content (AvgIpc) is 2.92. The molecule has 0 unspecified atom stereocenters. The largest absolute Gasteiger partial charge is 0.481 e. The maximum Gasteiger partial charge on any atom is 0.434 e. The zero-order valence-corrected chi connectivity index (χ0v) is 21.8. The standard InChI is InChI=1S/C30H24N2O6S/c1-20-10-17-23(18-11-20)39(36,37)32(22-15-12-21(13-16-22)14-19-28(33)34)30(35)38-29-24-6-2-4-8-26(24)31-27-9-5-3-7-25(27)29/h2-13,15-18H,14,19H2,1H3,(H,33,34). The number of aliphatic carboxylic acids is 1. The molecule has 0 atom stereocenters. The number of carboxylic acid groups (broad SMARTS) is 1. The molecule has 1 N–H and O–H groups in total. The molecule has 1 heterocycles. The Bertz CT molecular complexity index is 1750. The predicted octanol–water partition coefficient (Wildman–Crippen LogP) is 6.11. The van der Waals surface area contributed by atoms with Gasteiger partial charge in [0.15, 0.2) is 5.75 Å². The normalized spacial score (nSPS) is 11.4. The molecule has 0 fully saturated rings. The van der Waals surface area contributed by atoms with Crippen LogP contribution in [0.15, 0.2) is 102 Å². The second-order valence-electron chi connectivity index (χ2n) is 8.99. The van der Waals surface area contributed by atoms with Crippen molar-refractivity contribution in [3.05, 3.63) is 108 Å². The van der Waals surface area contributed by atoms with Gasteiger partial charge in [-0.1, -0.05) is 54.1 Å². The van der Waals surface area contributed by atoms with Crippen molar-refractivity contribution in [3.8, 4) is 5.75 Å². The smallest absolute Gasteiger partial charge is 0.434 e. The van der Waals surface area contributed by atoms with Crippen LogP contribution in [-0.4, -0.2) is 30.6 Å². The van der Waals surface area contributed by atoms with Crippen LogP contribution in [0, 0.1) is 6.92 Å². The fraction of sp³-hybridized carbons (Fsp3) is 0.100. The number of carboxylic acids is 1. The van der Waals surface area contributed by atoms with E-state index in [1.54, 1.807) is 60.7 Å². The first-order valence-electron chi connectivity index (χ1n) is 12.2. The fourth-order valence-corrected chi connectivity index (χ4v) is 5.57. The van der Waals surface area contributed by atoms with Crippen molar-refractivity contribution in [2.24, 2.45) is 0 Å². The first-order chi connectivity index (χ1) is 18.7. The lowest BCUT2D eigenvalue weighted by atomic mass is 10.1. The Labute approximate surface area is 225 Å². The molecule has 0 aliphatic carbocycles. The van der Waals surface area contributed by atoms with E-state index in [-0.39, 0.29) is 29.2 Å². The molecule has 39 heavy (non-hydrogen) atoms. The Hall–Kier alpha value is -4.76. The number of sulfonamides is 1. The van der Waals surface area contributed by atoms with Crippen molar-refractivity contribution in [3.63, 3.8) is 0 Å². The van der Waals surface area contributed by atoms with Crippen molar-refractivity contribution in [1.29, 1.82) is 0 Å². The Morgan fingerprint density at radius 1 is 0.821 bits per heavy atom. The maximum absolute atomic E-state index is 13.8. The fourth-order valence-electron chi connectivity index (χ4n) is 4.25. The lowest BCUT2D eigenvalue weighted by Crippen LogP contribution is -2.39. The third kappa shape index (κ3) is 5.30. The van der Waals surface area contributed by atoms with Gasteiger partial charge >= 0.3 is 12.1 Å². The number of hydrogen-bond acceptors (Lipinski definition) is 6. The highest BCUT2D eigenvalue weighted by atomic mass is 32.2. The van der Waals surface area contributed by atoms with E-state index in [1.807, 2.05) is 19.1 Å². The number of benzene rings is 4. The van der Waals surface area contributed by atoms with Crippen LogP contribution in [0.4, 0.5) is 10.5 Å². The highest BCUT2D eigenvalue weighted by molar-refractivity contribution is 7.93. The van der Waals surface area contributed by atoms with Crippen LogP contribution in [-0.2, 0) is 21.2 Å². The summed E-state index contributed by atoms with van der Waals surface area (Å²) < 4.78 is 34.2. The molecule has 4 aromatic carbocycles. The van der Waals surface area contributed by atoms with E-state index < -0.39 is 22.1 Å². The van der Waals surface area contributed by atoms with E-state index in [0.29, 0.717) is 31.7 Å². The monoisotopic (exact) mass is 540 g/mol. The number of carbonyl (C=O) groups excluding carboxylic acids is 1. The van der Waals surface area contributed by atoms with Gasteiger partial charge in [0, 0.05) is 17.2 Å². The zero-order chi connectivity index (χ0) is 27.6. The van der Waals surface area contributed by atoms with Crippen molar-refractivity contribution in [2.75, 3.05) is 4.31 Å². The van der Waals surface area contributed by atoms with Gasteiger partial charge in [0.05, 0.1) is 21.6 Å². The van der Waals surface area contributed by atoms with Crippen LogP contribution in [0.1, 0.15) is 17.5 Å². The van der Waals surface area contributed by atoms with Gasteiger partial charge in [-0.3, -0.25) is 4.79 Å². The molecule has 5 rings (SSSR count). The number of amides is 1. The maximum atomic E-state index is 13.8. The summed E-state index contributed by atoms with van der Waals surface area (Å²) in [6.45, 7) is 1.83. The minimum absolute atomic E-state index is 0.0577. The number of carbonyl (C=O) groups is 2. The van der Waals surface area contributed by atoms with Gasteiger partial charge in [-0.05, 0) is 67.4 Å². The molecule has 5 aromatic rings. The van der Waals surface area contributed by atoms with Crippen LogP contribution < -0.4 is 9.04 Å². The van der Waals surface area contributed by atoms with Crippen molar-refractivity contribution in [1.82, 2.24) is 4.98 Å². The van der Waals surface area contributed by atoms with Gasteiger partial charge in [-0.25, -0.2) is 18.2 Å². The molecular weight excluding hydrogens is 516 g/mol. The molecule has 0 saturated heterocycles.